The fraction of sp³-hybridized carbons (Fsp3) is 0.125. The summed E-state index contributed by atoms with van der Waals surface area (Å²) < 4.78 is 0. The second-order valence-corrected chi connectivity index (χ2v) is 2.41. The van der Waals surface area contributed by atoms with Crippen molar-refractivity contribution in [2.45, 2.75) is 0 Å². The maximum absolute atomic E-state index is 3.97. The summed E-state index contributed by atoms with van der Waals surface area (Å²) in [4.78, 5) is 0. The Morgan fingerprint density at radius 1 is 1.42 bits per heavy atom. The molecule has 2 rings (SSSR count). The van der Waals surface area contributed by atoms with Gasteiger partial charge in [-0.2, -0.15) is 15.3 Å². The topological polar surface area (TPSA) is 53.4 Å². The largest absolute Gasteiger partial charge is 0.278 e. The number of aromatic nitrogens is 2. The standard InChI is InChI=1S/C8H8N4/c1-9-11-7-3-2-4-8-6(7)5-10-12-8/h2-5H,1H3,(H,10,12)/b11-9-. The molecule has 0 fully saturated rings. The van der Waals surface area contributed by atoms with Gasteiger partial charge in [0.1, 0.15) is 0 Å². The maximum atomic E-state index is 3.97. The second kappa shape index (κ2) is 2.73. The molecule has 0 aliphatic carbocycles. The van der Waals surface area contributed by atoms with Gasteiger partial charge in [-0.1, -0.05) is 6.07 Å². The molecule has 0 amide bonds. The predicted molar refractivity (Wildman–Crippen MR) is 46.5 cm³/mol. The van der Waals surface area contributed by atoms with Crippen LogP contribution in [0.15, 0.2) is 34.6 Å². The normalized spacial score (nSPS) is 11.4. The van der Waals surface area contributed by atoms with Crippen molar-refractivity contribution in [1.82, 2.24) is 10.2 Å². The molecule has 0 saturated carbocycles. The smallest absolute Gasteiger partial charge is 0.0962 e. The fourth-order valence-corrected chi connectivity index (χ4v) is 1.15. The minimum atomic E-state index is 0.851. The van der Waals surface area contributed by atoms with E-state index < -0.39 is 0 Å². The Labute approximate surface area is 69.3 Å². The van der Waals surface area contributed by atoms with E-state index in [1.807, 2.05) is 18.2 Å². The van der Waals surface area contributed by atoms with Crippen LogP contribution in [0.2, 0.25) is 0 Å². The zero-order chi connectivity index (χ0) is 8.39. The van der Waals surface area contributed by atoms with Crippen molar-refractivity contribution in [3.63, 3.8) is 0 Å². The lowest BCUT2D eigenvalue weighted by Gasteiger charge is -1.91. The number of azo groups is 1. The summed E-state index contributed by atoms with van der Waals surface area (Å²) in [6.45, 7) is 0. The molecule has 0 spiro atoms. The first-order chi connectivity index (χ1) is 5.92. The highest BCUT2D eigenvalue weighted by atomic mass is 15.1. The zero-order valence-corrected chi connectivity index (χ0v) is 6.65. The molecule has 1 N–H and O–H groups in total. The number of nitrogens with one attached hydrogen (secondary N) is 1. The Bertz CT molecular complexity index is 416. The van der Waals surface area contributed by atoms with Gasteiger partial charge in [0, 0.05) is 12.4 Å². The Morgan fingerprint density at radius 3 is 3.17 bits per heavy atom. The van der Waals surface area contributed by atoms with E-state index in [-0.39, 0.29) is 0 Å². The van der Waals surface area contributed by atoms with Crippen LogP contribution in [0.4, 0.5) is 5.69 Å². The predicted octanol–water partition coefficient (Wildman–Crippen LogP) is 2.28. The molecule has 0 unspecified atom stereocenters. The summed E-state index contributed by atoms with van der Waals surface area (Å²) in [5.41, 5.74) is 1.84. The first-order valence-corrected chi connectivity index (χ1v) is 3.64. The summed E-state index contributed by atoms with van der Waals surface area (Å²) >= 11 is 0. The average Bonchev–Trinajstić information content (AvgIpc) is 2.53. The molecule has 4 nitrogen and oxygen atoms in total. The summed E-state index contributed by atoms with van der Waals surface area (Å²) in [5.74, 6) is 0. The number of nitrogens with zero attached hydrogens (tertiary/aromatic N) is 3. The highest BCUT2D eigenvalue weighted by molar-refractivity contribution is 5.88. The minimum absolute atomic E-state index is 0.851. The molecule has 0 saturated heterocycles. The van der Waals surface area contributed by atoms with E-state index in [1.165, 1.54) is 0 Å². The van der Waals surface area contributed by atoms with Gasteiger partial charge in [-0.05, 0) is 12.1 Å². The molecular formula is C8H8N4. The first kappa shape index (κ1) is 6.97. The van der Waals surface area contributed by atoms with Crippen LogP contribution in [0.25, 0.3) is 10.9 Å². The van der Waals surface area contributed by atoms with Crippen molar-refractivity contribution in [3.05, 3.63) is 24.4 Å². The van der Waals surface area contributed by atoms with Crippen molar-refractivity contribution in [1.29, 1.82) is 0 Å². The first-order valence-electron chi connectivity index (χ1n) is 3.64. The summed E-state index contributed by atoms with van der Waals surface area (Å²) in [6.07, 6.45) is 1.75. The Morgan fingerprint density at radius 2 is 2.33 bits per heavy atom. The van der Waals surface area contributed by atoms with Crippen LogP contribution in [-0.2, 0) is 0 Å². The van der Waals surface area contributed by atoms with Crippen LogP contribution in [0.5, 0.6) is 0 Å². The van der Waals surface area contributed by atoms with Crippen molar-refractivity contribution in [3.8, 4) is 0 Å². The van der Waals surface area contributed by atoms with Gasteiger partial charge in [0.15, 0.2) is 0 Å². The number of rotatable bonds is 1. The van der Waals surface area contributed by atoms with Crippen LogP contribution < -0.4 is 0 Å². The van der Waals surface area contributed by atoms with E-state index in [9.17, 15) is 0 Å². The Kier molecular flexibility index (Phi) is 1.59. The molecule has 0 radical (unpaired) electrons. The fourth-order valence-electron chi connectivity index (χ4n) is 1.15. The van der Waals surface area contributed by atoms with Crippen molar-refractivity contribution >= 4 is 16.6 Å². The van der Waals surface area contributed by atoms with E-state index in [0.29, 0.717) is 0 Å². The SMILES string of the molecule is C/N=N\c1cccc2[nH]ncc12. The van der Waals surface area contributed by atoms with Gasteiger partial charge < -0.3 is 0 Å². The summed E-state index contributed by atoms with van der Waals surface area (Å²) in [5, 5.41) is 15.5. The van der Waals surface area contributed by atoms with Crippen LogP contribution in [0.3, 0.4) is 0 Å². The van der Waals surface area contributed by atoms with Crippen LogP contribution >= 0.6 is 0 Å². The van der Waals surface area contributed by atoms with Gasteiger partial charge in [0.05, 0.1) is 17.4 Å². The molecule has 0 bridgehead atoms. The lowest BCUT2D eigenvalue weighted by atomic mass is 10.2. The van der Waals surface area contributed by atoms with Crippen molar-refractivity contribution in [2.75, 3.05) is 7.05 Å². The van der Waals surface area contributed by atoms with Crippen LogP contribution in [-0.4, -0.2) is 17.2 Å². The van der Waals surface area contributed by atoms with Gasteiger partial charge in [-0.25, -0.2) is 0 Å². The maximum Gasteiger partial charge on any atom is 0.0962 e. The Hall–Kier alpha value is -1.71. The van der Waals surface area contributed by atoms with Gasteiger partial charge in [0.2, 0.25) is 0 Å². The van der Waals surface area contributed by atoms with Gasteiger partial charge in [-0.3, -0.25) is 5.10 Å². The van der Waals surface area contributed by atoms with Crippen LogP contribution in [0, 0.1) is 0 Å². The third-order valence-electron chi connectivity index (χ3n) is 1.67. The van der Waals surface area contributed by atoms with E-state index in [1.54, 1.807) is 13.2 Å². The van der Waals surface area contributed by atoms with Gasteiger partial charge in [0.25, 0.3) is 0 Å². The third-order valence-corrected chi connectivity index (χ3v) is 1.67. The lowest BCUT2D eigenvalue weighted by Crippen LogP contribution is -1.67. The molecule has 0 aliphatic heterocycles. The quantitative estimate of drug-likeness (QED) is 0.639. The molecular weight excluding hydrogens is 152 g/mol. The molecule has 12 heavy (non-hydrogen) atoms. The van der Waals surface area contributed by atoms with E-state index in [4.69, 9.17) is 0 Å². The Balaban J connectivity index is 2.73. The van der Waals surface area contributed by atoms with E-state index >= 15 is 0 Å². The van der Waals surface area contributed by atoms with Gasteiger partial charge in [-0.15, -0.1) is 0 Å². The number of H-pyrrole nitrogens is 1. The van der Waals surface area contributed by atoms with E-state index in [2.05, 4.69) is 20.4 Å². The third kappa shape index (κ3) is 0.972. The monoisotopic (exact) mass is 160 g/mol. The summed E-state index contributed by atoms with van der Waals surface area (Å²) in [7, 11) is 1.65. The summed E-state index contributed by atoms with van der Waals surface area (Å²) in [6, 6.07) is 5.78. The lowest BCUT2D eigenvalue weighted by molar-refractivity contribution is 1.12. The minimum Gasteiger partial charge on any atom is -0.278 e. The molecule has 0 atom stereocenters. The number of benzene rings is 1. The van der Waals surface area contributed by atoms with Crippen molar-refractivity contribution < 1.29 is 0 Å². The van der Waals surface area contributed by atoms with Crippen LogP contribution in [0.1, 0.15) is 0 Å². The molecule has 2 aromatic rings. The zero-order valence-electron chi connectivity index (χ0n) is 6.65. The number of fused-ring (bicyclic) bond motifs is 1. The molecule has 0 aliphatic rings. The number of aromatic amines is 1. The van der Waals surface area contributed by atoms with E-state index in [0.717, 1.165) is 16.6 Å². The molecule has 4 heteroatoms. The highest BCUT2D eigenvalue weighted by Gasteiger charge is 1.99. The van der Waals surface area contributed by atoms with Gasteiger partial charge >= 0.3 is 0 Å². The average molecular weight is 160 g/mol. The molecule has 60 valence electrons. The molecule has 1 heterocycles. The molecule has 1 aromatic heterocycles. The number of hydrogen-bond acceptors (Lipinski definition) is 3. The highest BCUT2D eigenvalue weighted by Crippen LogP contribution is 2.23. The number of hydrogen-bond donors (Lipinski definition) is 1. The second-order valence-electron chi connectivity index (χ2n) is 2.41. The van der Waals surface area contributed by atoms with Crippen molar-refractivity contribution in [2.24, 2.45) is 10.2 Å². The molecule has 1 aromatic carbocycles.